The van der Waals surface area contributed by atoms with Crippen molar-refractivity contribution in [2.45, 2.75) is 13.0 Å². The van der Waals surface area contributed by atoms with Crippen LogP contribution in [-0.4, -0.2) is 35.9 Å². The fourth-order valence-corrected chi connectivity index (χ4v) is 4.35. The molecule has 5 aromatic rings. The highest BCUT2D eigenvalue weighted by Crippen LogP contribution is 2.31. The van der Waals surface area contributed by atoms with Gasteiger partial charge < -0.3 is 16.6 Å². The molecule has 0 aliphatic rings. The van der Waals surface area contributed by atoms with Crippen molar-refractivity contribution in [1.82, 2.24) is 24.7 Å². The normalized spacial score (nSPS) is 11.1. The molecule has 13 heteroatoms. The first-order valence-electron chi connectivity index (χ1n) is 11.2. The van der Waals surface area contributed by atoms with Crippen LogP contribution in [0.15, 0.2) is 60.8 Å². The number of nitrogens with zero attached hydrogens (tertiary/aromatic N) is 6. The molecule has 1 amide bonds. The van der Waals surface area contributed by atoms with E-state index in [2.05, 4.69) is 42.6 Å². The van der Waals surface area contributed by atoms with Gasteiger partial charge in [0.2, 0.25) is 0 Å². The second kappa shape index (κ2) is 10.2. The topological polar surface area (TPSA) is 149 Å². The monoisotopic (exact) mass is 628 g/mol. The number of anilines is 3. The summed E-state index contributed by atoms with van der Waals surface area (Å²) in [7, 11) is 0. The second-order valence-electron chi connectivity index (χ2n) is 8.29. The number of amides is 1. The molecule has 0 radical (unpaired) electrons. The van der Waals surface area contributed by atoms with Gasteiger partial charge in [-0.15, -0.1) is 0 Å². The minimum atomic E-state index is -1.30. The first-order valence-corrected chi connectivity index (χ1v) is 12.2. The highest BCUT2D eigenvalue weighted by atomic mass is 127. The van der Waals surface area contributed by atoms with Crippen molar-refractivity contribution in [2.75, 3.05) is 16.4 Å². The van der Waals surface area contributed by atoms with E-state index in [1.54, 1.807) is 30.3 Å². The van der Waals surface area contributed by atoms with Crippen molar-refractivity contribution in [3.05, 3.63) is 92.8 Å². The second-order valence-corrected chi connectivity index (χ2v) is 9.53. The third kappa shape index (κ3) is 4.91. The molecule has 38 heavy (non-hydrogen) atoms. The smallest absolute Gasteiger partial charge is 0.412 e. The molecule has 0 unspecified atom stereocenters. The number of halogens is 3. The van der Waals surface area contributed by atoms with E-state index in [0.29, 0.717) is 22.3 Å². The van der Waals surface area contributed by atoms with Gasteiger partial charge in [0.15, 0.2) is 11.6 Å². The molecule has 3 aromatic heterocycles. The minimum Gasteiger partial charge on any atom is -0.465 e. The van der Waals surface area contributed by atoms with Crippen molar-refractivity contribution < 1.29 is 18.7 Å². The van der Waals surface area contributed by atoms with Crippen LogP contribution in [0.25, 0.3) is 17.0 Å². The average Bonchev–Trinajstić information content (AvgIpc) is 3.22. The van der Waals surface area contributed by atoms with Crippen LogP contribution in [0.4, 0.5) is 30.9 Å². The molecule has 0 spiro atoms. The van der Waals surface area contributed by atoms with Crippen LogP contribution in [0.1, 0.15) is 16.8 Å². The first kappa shape index (κ1) is 25.3. The molecule has 10 nitrogen and oxygen atoms in total. The van der Waals surface area contributed by atoms with E-state index in [4.69, 9.17) is 11.5 Å². The van der Waals surface area contributed by atoms with Gasteiger partial charge in [0.25, 0.3) is 5.95 Å². The number of fused-ring (bicyclic) bond motifs is 1. The van der Waals surface area contributed by atoms with E-state index in [-0.39, 0.29) is 41.8 Å². The van der Waals surface area contributed by atoms with Gasteiger partial charge in [-0.25, -0.2) is 18.6 Å². The number of hydrogen-bond acceptors (Lipinski definition) is 7. The zero-order chi connectivity index (χ0) is 27.0. The molecule has 0 aliphatic heterocycles. The molecule has 2 aromatic carbocycles. The third-order valence-corrected chi connectivity index (χ3v) is 6.46. The zero-order valence-electron chi connectivity index (χ0n) is 19.5. The van der Waals surface area contributed by atoms with Crippen molar-refractivity contribution in [1.29, 1.82) is 0 Å². The maximum Gasteiger partial charge on any atom is 0.412 e. The Kier molecular flexibility index (Phi) is 6.75. The summed E-state index contributed by atoms with van der Waals surface area (Å²) in [6.45, 7) is -0.0457. The molecule has 192 valence electrons. The Hall–Kier alpha value is -4.40. The number of nitrogen functional groups attached to an aromatic ring is 2. The highest BCUT2D eigenvalue weighted by Gasteiger charge is 2.25. The largest absolute Gasteiger partial charge is 0.465 e. The van der Waals surface area contributed by atoms with Crippen LogP contribution >= 0.6 is 22.6 Å². The van der Waals surface area contributed by atoms with Crippen LogP contribution < -0.4 is 16.4 Å². The van der Waals surface area contributed by atoms with Gasteiger partial charge in [-0.3, -0.25) is 4.90 Å². The number of aromatic nitrogens is 5. The van der Waals surface area contributed by atoms with Gasteiger partial charge in [-0.1, -0.05) is 30.3 Å². The molecule has 0 bridgehead atoms. The summed E-state index contributed by atoms with van der Waals surface area (Å²) in [5, 5.41) is 14.3. The Morgan fingerprint density at radius 3 is 2.39 bits per heavy atom. The number of rotatable bonds is 6. The van der Waals surface area contributed by atoms with E-state index in [9.17, 15) is 18.7 Å². The third-order valence-electron chi connectivity index (χ3n) is 5.74. The zero-order valence-corrected chi connectivity index (χ0v) is 21.7. The van der Waals surface area contributed by atoms with Gasteiger partial charge >= 0.3 is 6.09 Å². The number of pyridine rings is 1. The van der Waals surface area contributed by atoms with Crippen molar-refractivity contribution in [3.8, 4) is 5.95 Å². The van der Waals surface area contributed by atoms with E-state index >= 15 is 0 Å². The van der Waals surface area contributed by atoms with Crippen LogP contribution in [0.3, 0.4) is 0 Å². The van der Waals surface area contributed by atoms with E-state index in [0.717, 1.165) is 14.7 Å². The Morgan fingerprint density at radius 1 is 1.05 bits per heavy atom. The number of hydrogen-bond donors (Lipinski definition) is 3. The molecule has 0 atom stereocenters. The van der Waals surface area contributed by atoms with Crippen molar-refractivity contribution in [2.24, 2.45) is 0 Å². The quantitative estimate of drug-likeness (QED) is 0.232. The van der Waals surface area contributed by atoms with Crippen LogP contribution in [0.5, 0.6) is 0 Å². The van der Waals surface area contributed by atoms with Crippen LogP contribution in [0, 0.1) is 15.2 Å². The lowest BCUT2D eigenvalue weighted by Crippen LogP contribution is -2.31. The number of nitrogens with two attached hydrogens (primary N) is 2. The van der Waals surface area contributed by atoms with Gasteiger partial charge in [0.05, 0.1) is 24.0 Å². The predicted octanol–water partition coefficient (Wildman–Crippen LogP) is 4.53. The fraction of sp³-hybridized carbons (Fsp3) is 0.0800. The van der Waals surface area contributed by atoms with E-state index in [1.165, 1.54) is 16.8 Å². The summed E-state index contributed by atoms with van der Waals surface area (Å²) in [5.74, 6) is -1.62. The SMILES string of the molecule is Nc1nc(-n2nc(Cc3ccccc3F)c3ncc(F)cc32)nc(N)c1N(Cc1ccc(I)cc1)C(=O)O. The molecule has 0 fully saturated rings. The molecular weight excluding hydrogens is 609 g/mol. The Bertz CT molecular complexity index is 1650. The molecular formula is C25H19F2IN8O2. The molecule has 3 heterocycles. The van der Waals surface area contributed by atoms with Crippen LogP contribution in [0.2, 0.25) is 0 Å². The summed E-state index contributed by atoms with van der Waals surface area (Å²) in [6.07, 6.45) is -0.205. The van der Waals surface area contributed by atoms with Gasteiger partial charge in [0.1, 0.15) is 22.8 Å². The number of carboxylic acid groups (broad SMARTS) is 1. The minimum absolute atomic E-state index is 0.0457. The summed E-state index contributed by atoms with van der Waals surface area (Å²) in [4.78, 5) is 25.7. The summed E-state index contributed by atoms with van der Waals surface area (Å²) >= 11 is 2.15. The number of benzene rings is 2. The standard InChI is InChI=1S/C25H19F2IN8O2/c26-15-10-19-20(31-11-15)18(9-14-3-1-2-4-17(14)27)34-36(19)24-32-22(29)21(23(30)33-24)35(25(37)38)12-13-5-7-16(28)8-6-13/h1-8,10-11H,9,12H2,(H,37,38)(H4,29,30,32,33). The van der Waals surface area contributed by atoms with Crippen molar-refractivity contribution >= 4 is 57.0 Å². The Morgan fingerprint density at radius 2 is 1.74 bits per heavy atom. The molecule has 5 rings (SSSR count). The molecule has 0 saturated carbocycles. The number of carbonyl (C=O) groups is 1. The van der Waals surface area contributed by atoms with Gasteiger partial charge in [0, 0.05) is 16.1 Å². The van der Waals surface area contributed by atoms with Crippen molar-refractivity contribution in [3.63, 3.8) is 0 Å². The van der Waals surface area contributed by atoms with E-state index < -0.39 is 17.7 Å². The Labute approximate surface area is 228 Å². The average molecular weight is 628 g/mol. The first-order chi connectivity index (χ1) is 18.2. The van der Waals surface area contributed by atoms with Gasteiger partial charge in [-0.05, 0) is 51.9 Å². The van der Waals surface area contributed by atoms with Crippen LogP contribution in [-0.2, 0) is 13.0 Å². The maximum atomic E-state index is 14.3. The lowest BCUT2D eigenvalue weighted by atomic mass is 10.1. The molecule has 5 N–H and O–H groups in total. The molecule has 0 saturated heterocycles. The maximum absolute atomic E-state index is 14.3. The van der Waals surface area contributed by atoms with E-state index in [1.807, 2.05) is 12.1 Å². The molecule has 0 aliphatic carbocycles. The summed E-state index contributed by atoms with van der Waals surface area (Å²) < 4.78 is 30.7. The Balaban J connectivity index is 1.58. The summed E-state index contributed by atoms with van der Waals surface area (Å²) in [6, 6.07) is 14.6. The lowest BCUT2D eigenvalue weighted by Gasteiger charge is -2.22. The lowest BCUT2D eigenvalue weighted by molar-refractivity contribution is 0.201. The van der Waals surface area contributed by atoms with Gasteiger partial charge in [-0.2, -0.15) is 19.7 Å². The summed E-state index contributed by atoms with van der Waals surface area (Å²) in [5.41, 5.74) is 14.2. The fourth-order valence-electron chi connectivity index (χ4n) is 3.99. The highest BCUT2D eigenvalue weighted by molar-refractivity contribution is 14.1. The predicted molar refractivity (Wildman–Crippen MR) is 146 cm³/mol.